The molecule has 9 nitrogen and oxygen atoms in total. The molecule has 2 amide bonds. The van der Waals surface area contributed by atoms with E-state index in [1.807, 2.05) is 6.07 Å². The Kier molecular flexibility index (Phi) is 5.61. The average molecular weight is 412 g/mol. The predicted octanol–water partition coefficient (Wildman–Crippen LogP) is 1.52. The number of carbonyl (C=O) groups is 2. The second kappa shape index (κ2) is 8.48. The van der Waals surface area contributed by atoms with Crippen molar-refractivity contribution in [1.29, 1.82) is 0 Å². The monoisotopic (exact) mass is 412 g/mol. The number of carbonyl (C=O) groups excluding carboxylic acids is 2. The molecule has 4 rings (SSSR count). The number of nitrogens with one attached hydrogen (secondary N) is 1. The number of benzene rings is 1. The molecule has 0 aliphatic carbocycles. The van der Waals surface area contributed by atoms with Gasteiger partial charge in [-0.05, 0) is 25.0 Å². The van der Waals surface area contributed by atoms with Crippen LogP contribution in [-0.4, -0.2) is 49.6 Å². The molecule has 2 aromatic heterocycles. The Morgan fingerprint density at radius 2 is 2.14 bits per heavy atom. The van der Waals surface area contributed by atoms with Gasteiger partial charge in [-0.15, -0.1) is 10.2 Å². The predicted molar refractivity (Wildman–Crippen MR) is 108 cm³/mol. The minimum atomic E-state index is -0.276. The normalized spacial score (nSPS) is 16.7. The van der Waals surface area contributed by atoms with Crippen molar-refractivity contribution >= 4 is 39.2 Å². The van der Waals surface area contributed by atoms with Gasteiger partial charge < -0.3 is 10.2 Å². The lowest BCUT2D eigenvalue weighted by Crippen LogP contribution is -2.44. The van der Waals surface area contributed by atoms with E-state index >= 15 is 0 Å². The molecule has 150 valence electrons. The molecule has 1 aromatic carbocycles. The molecule has 10 heteroatoms. The summed E-state index contributed by atoms with van der Waals surface area (Å²) in [7, 11) is 0. The first-order chi connectivity index (χ1) is 14.1. The van der Waals surface area contributed by atoms with E-state index in [-0.39, 0.29) is 36.3 Å². The Morgan fingerprint density at radius 3 is 2.97 bits per heavy atom. The molecule has 1 fully saturated rings. The number of aryl methyl sites for hydroxylation is 1. The summed E-state index contributed by atoms with van der Waals surface area (Å²) in [5, 5.41) is 11.3. The van der Waals surface area contributed by atoms with Gasteiger partial charge in [0, 0.05) is 26.1 Å². The van der Waals surface area contributed by atoms with Crippen molar-refractivity contribution in [2.24, 2.45) is 5.92 Å². The molecule has 1 aliphatic rings. The first kappa shape index (κ1) is 19.2. The number of anilines is 1. The maximum absolute atomic E-state index is 12.7. The first-order valence-electron chi connectivity index (χ1n) is 9.41. The molecule has 0 spiro atoms. The molecule has 29 heavy (non-hydrogen) atoms. The maximum Gasteiger partial charge on any atom is 0.261 e. The number of amides is 2. The van der Waals surface area contributed by atoms with Gasteiger partial charge in [-0.25, -0.2) is 4.98 Å². The number of para-hydroxylation sites is 1. The Morgan fingerprint density at radius 1 is 1.28 bits per heavy atom. The number of piperidine rings is 1. The van der Waals surface area contributed by atoms with Crippen LogP contribution in [0.25, 0.3) is 10.9 Å². The van der Waals surface area contributed by atoms with Crippen LogP contribution in [0.15, 0.2) is 40.9 Å². The summed E-state index contributed by atoms with van der Waals surface area (Å²) in [6, 6.07) is 7.14. The molecule has 1 N–H and O–H groups in total. The Balaban J connectivity index is 1.36. The fraction of sp³-hybridized carbons (Fsp3) is 0.368. The highest BCUT2D eigenvalue weighted by molar-refractivity contribution is 7.13. The second-order valence-corrected chi connectivity index (χ2v) is 7.76. The van der Waals surface area contributed by atoms with Crippen molar-refractivity contribution in [1.82, 2.24) is 24.6 Å². The van der Waals surface area contributed by atoms with Gasteiger partial charge in [0.15, 0.2) is 0 Å². The highest BCUT2D eigenvalue weighted by atomic mass is 32.1. The summed E-state index contributed by atoms with van der Waals surface area (Å²) >= 11 is 1.26. The molecule has 0 bridgehead atoms. The number of fused-ring (bicyclic) bond motifs is 1. The van der Waals surface area contributed by atoms with Crippen molar-refractivity contribution in [3.05, 3.63) is 46.5 Å². The van der Waals surface area contributed by atoms with E-state index in [0.717, 1.165) is 12.8 Å². The second-order valence-electron chi connectivity index (χ2n) is 6.92. The number of nitrogens with zero attached hydrogens (tertiary/aromatic N) is 5. The van der Waals surface area contributed by atoms with E-state index in [0.29, 0.717) is 29.1 Å². The lowest BCUT2D eigenvalue weighted by molar-refractivity contribution is -0.134. The number of rotatable bonds is 5. The summed E-state index contributed by atoms with van der Waals surface area (Å²) in [5.74, 6) is -0.491. The van der Waals surface area contributed by atoms with Crippen LogP contribution in [0.4, 0.5) is 5.13 Å². The quantitative estimate of drug-likeness (QED) is 0.680. The van der Waals surface area contributed by atoms with E-state index in [4.69, 9.17) is 0 Å². The van der Waals surface area contributed by atoms with Crippen LogP contribution in [0.2, 0.25) is 0 Å². The molecule has 3 aromatic rings. The largest absolute Gasteiger partial charge is 0.342 e. The van der Waals surface area contributed by atoms with Crippen molar-refractivity contribution < 1.29 is 9.59 Å². The van der Waals surface area contributed by atoms with Gasteiger partial charge in [-0.3, -0.25) is 19.0 Å². The zero-order valence-corrected chi connectivity index (χ0v) is 16.5. The van der Waals surface area contributed by atoms with Gasteiger partial charge in [0.05, 0.1) is 23.1 Å². The molecule has 1 aliphatic heterocycles. The Bertz CT molecular complexity index is 1080. The summed E-state index contributed by atoms with van der Waals surface area (Å²) in [6.07, 6.45) is 3.15. The molecule has 1 saturated heterocycles. The van der Waals surface area contributed by atoms with E-state index in [2.05, 4.69) is 20.5 Å². The summed E-state index contributed by atoms with van der Waals surface area (Å²) < 4.78 is 1.46. The molecule has 1 atom stereocenters. The van der Waals surface area contributed by atoms with Crippen LogP contribution >= 0.6 is 11.3 Å². The zero-order chi connectivity index (χ0) is 20.2. The molecular weight excluding hydrogens is 392 g/mol. The number of hydrogen-bond acceptors (Lipinski definition) is 7. The molecular formula is C19H20N6O3S. The smallest absolute Gasteiger partial charge is 0.261 e. The fourth-order valence-electron chi connectivity index (χ4n) is 3.49. The third kappa shape index (κ3) is 4.32. The van der Waals surface area contributed by atoms with Crippen LogP contribution in [-0.2, 0) is 16.1 Å². The van der Waals surface area contributed by atoms with Gasteiger partial charge in [-0.1, -0.05) is 23.5 Å². The summed E-state index contributed by atoms with van der Waals surface area (Å²) in [5.41, 5.74) is 2.03. The SMILES string of the molecule is O=C(Nc1nncs1)C1CCCN(C(=O)CCn2cnc3ccccc3c2=O)C1. The summed E-state index contributed by atoms with van der Waals surface area (Å²) in [6.45, 7) is 1.24. The van der Waals surface area contributed by atoms with Crippen molar-refractivity contribution in [2.45, 2.75) is 25.8 Å². The average Bonchev–Trinajstić information content (AvgIpc) is 3.26. The van der Waals surface area contributed by atoms with E-state index in [1.54, 1.807) is 28.6 Å². The van der Waals surface area contributed by atoms with Crippen molar-refractivity contribution in [3.63, 3.8) is 0 Å². The van der Waals surface area contributed by atoms with E-state index < -0.39 is 0 Å². The van der Waals surface area contributed by atoms with Gasteiger partial charge in [0.1, 0.15) is 5.51 Å². The van der Waals surface area contributed by atoms with Crippen LogP contribution in [0, 0.1) is 5.92 Å². The van der Waals surface area contributed by atoms with E-state index in [1.165, 1.54) is 22.2 Å². The van der Waals surface area contributed by atoms with Crippen LogP contribution in [0.1, 0.15) is 19.3 Å². The number of hydrogen-bond donors (Lipinski definition) is 1. The van der Waals surface area contributed by atoms with Crippen molar-refractivity contribution in [3.8, 4) is 0 Å². The van der Waals surface area contributed by atoms with Gasteiger partial charge in [-0.2, -0.15) is 0 Å². The fourth-order valence-corrected chi connectivity index (χ4v) is 3.94. The molecule has 3 heterocycles. The lowest BCUT2D eigenvalue weighted by Gasteiger charge is -2.32. The Labute approximate surface area is 170 Å². The number of likely N-dealkylation sites (tertiary alicyclic amines) is 1. The highest BCUT2D eigenvalue weighted by Crippen LogP contribution is 2.20. The molecule has 1 unspecified atom stereocenters. The third-order valence-corrected chi connectivity index (χ3v) is 5.64. The topological polar surface area (TPSA) is 110 Å². The standard InChI is InChI=1S/C19H20N6O3S/c26-16(7-9-25-11-20-15-6-2-1-5-14(15)18(25)28)24-8-3-4-13(10-24)17(27)22-19-23-21-12-29-19/h1-2,5-6,11-13H,3-4,7-10H2,(H,22,23,27). The number of aromatic nitrogens is 4. The lowest BCUT2D eigenvalue weighted by atomic mass is 9.97. The van der Waals surface area contributed by atoms with Gasteiger partial charge >= 0.3 is 0 Å². The van der Waals surface area contributed by atoms with E-state index in [9.17, 15) is 14.4 Å². The summed E-state index contributed by atoms with van der Waals surface area (Å²) in [4.78, 5) is 43.6. The van der Waals surface area contributed by atoms with Crippen LogP contribution < -0.4 is 10.9 Å². The Hall–Kier alpha value is -3.14. The van der Waals surface area contributed by atoms with Crippen LogP contribution in [0.5, 0.6) is 0 Å². The molecule has 0 radical (unpaired) electrons. The maximum atomic E-state index is 12.7. The third-order valence-electron chi connectivity index (χ3n) is 5.03. The highest BCUT2D eigenvalue weighted by Gasteiger charge is 2.28. The zero-order valence-electron chi connectivity index (χ0n) is 15.7. The first-order valence-corrected chi connectivity index (χ1v) is 10.3. The van der Waals surface area contributed by atoms with Gasteiger partial charge in [0.2, 0.25) is 16.9 Å². The van der Waals surface area contributed by atoms with Crippen molar-refractivity contribution in [2.75, 3.05) is 18.4 Å². The van der Waals surface area contributed by atoms with Gasteiger partial charge in [0.25, 0.3) is 5.56 Å². The molecule has 0 saturated carbocycles. The minimum Gasteiger partial charge on any atom is -0.342 e. The minimum absolute atomic E-state index is 0.0709. The van der Waals surface area contributed by atoms with Crippen LogP contribution in [0.3, 0.4) is 0 Å².